The van der Waals surface area contributed by atoms with Crippen LogP contribution in [0.25, 0.3) is 11.4 Å². The molecule has 2 heterocycles. The third-order valence-corrected chi connectivity index (χ3v) is 11.1. The first-order chi connectivity index (χ1) is 20.9. The van der Waals surface area contributed by atoms with E-state index in [0.717, 1.165) is 43.8 Å². The third-order valence-electron chi connectivity index (χ3n) is 8.21. The first-order valence-electron chi connectivity index (χ1n) is 14.4. The third kappa shape index (κ3) is 7.93. The van der Waals surface area contributed by atoms with Gasteiger partial charge < -0.3 is 4.90 Å². The Balaban J connectivity index is 1.16. The lowest BCUT2D eigenvalue weighted by Gasteiger charge is -2.33. The minimum Gasteiger partial charge on any atom is -0.303 e. The molecule has 0 unspecified atom stereocenters. The van der Waals surface area contributed by atoms with Gasteiger partial charge in [-0.15, -0.1) is 10.2 Å². The quantitative estimate of drug-likeness (QED) is 0.232. The summed E-state index contributed by atoms with van der Waals surface area (Å²) in [5.41, 5.74) is 1.97. The smallest absolute Gasteiger partial charge is 0.204 e. The van der Waals surface area contributed by atoms with E-state index in [1.54, 1.807) is 43.4 Å². The van der Waals surface area contributed by atoms with Crippen molar-refractivity contribution in [1.29, 1.82) is 0 Å². The van der Waals surface area contributed by atoms with Gasteiger partial charge in [0.2, 0.25) is 5.82 Å². The fourth-order valence-corrected chi connectivity index (χ4v) is 7.77. The predicted octanol–water partition coefficient (Wildman–Crippen LogP) is 4.66. The van der Waals surface area contributed by atoms with Crippen LogP contribution in [0, 0.1) is 17.6 Å². The van der Waals surface area contributed by atoms with E-state index in [9.17, 15) is 25.6 Å². The maximum absolute atomic E-state index is 14.1. The number of aromatic nitrogens is 4. The Morgan fingerprint density at radius 1 is 0.864 bits per heavy atom. The molecule has 44 heavy (non-hydrogen) atoms. The molecule has 1 aliphatic heterocycles. The summed E-state index contributed by atoms with van der Waals surface area (Å²) in [5, 5.41) is 11.9. The van der Waals surface area contributed by atoms with E-state index in [1.807, 2.05) is 0 Å². The standard InChI is InChI=1S/C31H35F2N5O4S2/c1-37-35-31(34-36-37)24-5-9-29(10-6-24)44(41,42)18-14-22-11-15-38(16-12-22)17-13-30(25-19-26(32)21-27(33)20-25)23-3-7-28(8-4-23)43(2,39)40/h3-10,19-22,30H,11-18H2,1-2H3/t30-/m1/s1. The molecule has 1 atom stereocenters. The van der Waals surface area contributed by atoms with Gasteiger partial charge in [-0.2, -0.15) is 4.80 Å². The second-order valence-electron chi connectivity index (χ2n) is 11.4. The molecule has 5 rings (SSSR count). The lowest BCUT2D eigenvalue weighted by Crippen LogP contribution is -2.35. The Morgan fingerprint density at radius 3 is 2.05 bits per heavy atom. The summed E-state index contributed by atoms with van der Waals surface area (Å²) in [5.74, 6) is -0.869. The van der Waals surface area contributed by atoms with E-state index in [4.69, 9.17) is 0 Å². The molecular weight excluding hydrogens is 609 g/mol. The molecule has 4 aromatic rings. The highest BCUT2D eigenvalue weighted by atomic mass is 32.2. The lowest BCUT2D eigenvalue weighted by atomic mass is 9.87. The number of sulfone groups is 2. The Labute approximate surface area is 256 Å². The van der Waals surface area contributed by atoms with Gasteiger partial charge in [-0.3, -0.25) is 0 Å². The molecule has 0 aliphatic carbocycles. The molecule has 0 amide bonds. The monoisotopic (exact) mass is 643 g/mol. The van der Waals surface area contributed by atoms with Crippen molar-refractivity contribution >= 4 is 19.7 Å². The van der Waals surface area contributed by atoms with Crippen LogP contribution in [0.5, 0.6) is 0 Å². The van der Waals surface area contributed by atoms with Crippen molar-refractivity contribution in [3.63, 3.8) is 0 Å². The average molecular weight is 644 g/mol. The lowest BCUT2D eigenvalue weighted by molar-refractivity contribution is 0.178. The van der Waals surface area contributed by atoms with Crippen molar-refractivity contribution in [3.05, 3.63) is 89.5 Å². The normalized spacial score (nSPS) is 15.8. The van der Waals surface area contributed by atoms with Crippen LogP contribution < -0.4 is 0 Å². The minimum absolute atomic E-state index is 0.0666. The molecule has 0 saturated carbocycles. The van der Waals surface area contributed by atoms with Crippen LogP contribution in [-0.2, 0) is 26.7 Å². The average Bonchev–Trinajstić information content (AvgIpc) is 3.42. The maximum atomic E-state index is 14.1. The molecule has 0 radical (unpaired) electrons. The molecule has 0 spiro atoms. The summed E-state index contributed by atoms with van der Waals surface area (Å²) in [7, 11) is -5.15. The number of hydrogen-bond acceptors (Lipinski definition) is 8. The highest BCUT2D eigenvalue weighted by molar-refractivity contribution is 7.91. The molecular formula is C31H35F2N5O4S2. The second-order valence-corrected chi connectivity index (χ2v) is 15.5. The molecule has 1 saturated heterocycles. The van der Waals surface area contributed by atoms with Crippen molar-refractivity contribution in [2.45, 2.75) is 41.4 Å². The first kappa shape index (κ1) is 31.9. The van der Waals surface area contributed by atoms with Crippen LogP contribution >= 0.6 is 0 Å². The number of nitrogens with zero attached hydrogens (tertiary/aromatic N) is 5. The van der Waals surface area contributed by atoms with Gasteiger partial charge in [0.15, 0.2) is 19.7 Å². The van der Waals surface area contributed by atoms with Crippen LogP contribution in [-0.4, -0.2) is 73.6 Å². The van der Waals surface area contributed by atoms with Gasteiger partial charge in [0.05, 0.1) is 22.6 Å². The fourth-order valence-electron chi connectivity index (χ4n) is 5.71. The maximum Gasteiger partial charge on any atom is 0.204 e. The SMILES string of the molecule is Cn1nnc(-c2ccc(S(=O)(=O)CCC3CCN(CC[C@H](c4ccc(S(C)(=O)=O)cc4)c4cc(F)cc(F)c4)CC3)cc2)n1. The zero-order chi connectivity index (χ0) is 31.5. The van der Waals surface area contributed by atoms with E-state index in [-0.39, 0.29) is 27.4 Å². The van der Waals surface area contributed by atoms with E-state index < -0.39 is 31.3 Å². The number of piperidine rings is 1. The number of likely N-dealkylation sites (tertiary alicyclic amines) is 1. The van der Waals surface area contributed by atoms with Crippen molar-refractivity contribution in [3.8, 4) is 11.4 Å². The van der Waals surface area contributed by atoms with Crippen molar-refractivity contribution in [2.24, 2.45) is 13.0 Å². The molecule has 9 nitrogen and oxygen atoms in total. The minimum atomic E-state index is -3.44. The van der Waals surface area contributed by atoms with Gasteiger partial charge in [-0.25, -0.2) is 25.6 Å². The highest BCUT2D eigenvalue weighted by Crippen LogP contribution is 2.32. The largest absolute Gasteiger partial charge is 0.303 e. The second kappa shape index (κ2) is 13.2. The Morgan fingerprint density at radius 2 is 1.48 bits per heavy atom. The molecule has 0 N–H and O–H groups in total. The molecule has 0 bridgehead atoms. The van der Waals surface area contributed by atoms with Crippen LogP contribution in [0.15, 0.2) is 76.5 Å². The summed E-state index contributed by atoms with van der Waals surface area (Å²) in [4.78, 5) is 4.09. The predicted molar refractivity (Wildman–Crippen MR) is 162 cm³/mol. The van der Waals surface area contributed by atoms with Gasteiger partial charge in [-0.1, -0.05) is 12.1 Å². The van der Waals surface area contributed by atoms with E-state index in [2.05, 4.69) is 20.3 Å². The van der Waals surface area contributed by atoms with Gasteiger partial charge in [0.1, 0.15) is 11.6 Å². The Kier molecular flexibility index (Phi) is 9.56. The summed E-state index contributed by atoms with van der Waals surface area (Å²) in [6, 6.07) is 16.5. The van der Waals surface area contributed by atoms with Crippen molar-refractivity contribution < 1.29 is 25.6 Å². The number of halogens is 2. The summed E-state index contributed by atoms with van der Waals surface area (Å²) in [6.45, 7) is 2.26. The zero-order valence-corrected chi connectivity index (χ0v) is 26.2. The van der Waals surface area contributed by atoms with E-state index in [0.29, 0.717) is 36.3 Å². The van der Waals surface area contributed by atoms with Gasteiger partial charge in [-0.05, 0) is 116 Å². The highest BCUT2D eigenvalue weighted by Gasteiger charge is 2.24. The number of aryl methyl sites for hydroxylation is 1. The number of rotatable bonds is 11. The number of benzene rings is 3. The molecule has 1 aromatic heterocycles. The topological polar surface area (TPSA) is 115 Å². The molecule has 3 aromatic carbocycles. The van der Waals surface area contributed by atoms with Crippen LogP contribution in [0.3, 0.4) is 0 Å². The van der Waals surface area contributed by atoms with Crippen molar-refractivity contribution in [2.75, 3.05) is 31.6 Å². The Bertz CT molecular complexity index is 1780. The van der Waals surface area contributed by atoms with Gasteiger partial charge in [0, 0.05) is 23.8 Å². The van der Waals surface area contributed by atoms with Gasteiger partial charge >= 0.3 is 0 Å². The molecule has 13 heteroatoms. The molecule has 234 valence electrons. The molecule has 1 fully saturated rings. The van der Waals surface area contributed by atoms with Crippen molar-refractivity contribution in [1.82, 2.24) is 25.1 Å². The number of hydrogen-bond donors (Lipinski definition) is 0. The molecule has 1 aliphatic rings. The first-order valence-corrected chi connectivity index (χ1v) is 18.0. The zero-order valence-electron chi connectivity index (χ0n) is 24.6. The van der Waals surface area contributed by atoms with Crippen LogP contribution in [0.2, 0.25) is 0 Å². The van der Waals surface area contributed by atoms with Crippen LogP contribution in [0.4, 0.5) is 8.78 Å². The summed E-state index contributed by atoms with van der Waals surface area (Å²) < 4.78 is 78.1. The summed E-state index contributed by atoms with van der Waals surface area (Å²) in [6.07, 6.45) is 4.00. The van der Waals surface area contributed by atoms with Crippen LogP contribution in [0.1, 0.15) is 42.7 Å². The van der Waals surface area contributed by atoms with Gasteiger partial charge in [0.25, 0.3) is 0 Å². The van der Waals surface area contributed by atoms with E-state index >= 15 is 0 Å². The number of tetrazole rings is 1. The summed E-state index contributed by atoms with van der Waals surface area (Å²) >= 11 is 0. The Hall–Kier alpha value is -3.55. The fraction of sp³-hybridized carbons (Fsp3) is 0.387. The van der Waals surface area contributed by atoms with E-state index in [1.165, 1.54) is 29.1 Å².